The molecule has 2 aromatic carbocycles. The van der Waals surface area contributed by atoms with E-state index in [0.29, 0.717) is 18.5 Å². The molecule has 2 N–H and O–H groups in total. The molecular formula is C18H16N2O2. The molecular weight excluding hydrogens is 276 g/mol. The molecule has 0 radical (unpaired) electrons. The highest BCUT2D eigenvalue weighted by Gasteiger charge is 2.03. The zero-order valence-corrected chi connectivity index (χ0v) is 12.0. The van der Waals surface area contributed by atoms with Gasteiger partial charge < -0.3 is 10.4 Å². The number of amides is 1. The van der Waals surface area contributed by atoms with Gasteiger partial charge in [-0.15, -0.1) is 0 Å². The van der Waals surface area contributed by atoms with Gasteiger partial charge in [-0.05, 0) is 29.7 Å². The molecule has 0 unspecified atom stereocenters. The van der Waals surface area contributed by atoms with E-state index in [0.717, 1.165) is 11.1 Å². The fraction of sp³-hybridized carbons (Fsp3) is 0.111. The maximum Gasteiger partial charge on any atom is 0.245 e. The van der Waals surface area contributed by atoms with Crippen LogP contribution in [0.2, 0.25) is 0 Å². The summed E-state index contributed by atoms with van der Waals surface area (Å²) >= 11 is 0. The minimum atomic E-state index is -0.292. The average molecular weight is 292 g/mol. The van der Waals surface area contributed by atoms with Gasteiger partial charge in [-0.3, -0.25) is 4.79 Å². The van der Waals surface area contributed by atoms with Gasteiger partial charge in [0.25, 0.3) is 0 Å². The van der Waals surface area contributed by atoms with Crippen LogP contribution in [-0.4, -0.2) is 17.6 Å². The van der Waals surface area contributed by atoms with Crippen molar-refractivity contribution in [2.45, 2.75) is 6.42 Å². The number of nitrogens with zero attached hydrogens (tertiary/aromatic N) is 1. The van der Waals surface area contributed by atoms with Crippen LogP contribution in [0.25, 0.3) is 5.57 Å². The predicted octanol–water partition coefficient (Wildman–Crippen LogP) is 2.66. The minimum Gasteiger partial charge on any atom is -0.508 e. The molecule has 0 fully saturated rings. The number of hydrogen-bond acceptors (Lipinski definition) is 3. The van der Waals surface area contributed by atoms with Crippen LogP contribution in [0.5, 0.6) is 5.75 Å². The van der Waals surface area contributed by atoms with Crippen molar-refractivity contribution in [1.29, 1.82) is 5.26 Å². The Morgan fingerprint density at radius 2 is 1.82 bits per heavy atom. The molecule has 0 atom stereocenters. The van der Waals surface area contributed by atoms with Crippen LogP contribution in [0.3, 0.4) is 0 Å². The molecule has 0 bridgehead atoms. The summed E-state index contributed by atoms with van der Waals surface area (Å²) < 4.78 is 0. The third kappa shape index (κ3) is 4.50. The molecule has 2 rings (SSSR count). The minimum absolute atomic E-state index is 0.220. The second-order valence-corrected chi connectivity index (χ2v) is 4.74. The van der Waals surface area contributed by atoms with E-state index in [1.165, 1.54) is 6.08 Å². The standard InChI is InChI=1S/C18H16N2O2/c19-13-16(15-4-2-1-3-5-15)12-18(22)20-11-10-14-6-8-17(21)9-7-14/h1-9,12,21H,10-11H2,(H,20,22)/b16-12+. The summed E-state index contributed by atoms with van der Waals surface area (Å²) in [5, 5.41) is 21.1. The molecule has 22 heavy (non-hydrogen) atoms. The van der Waals surface area contributed by atoms with E-state index < -0.39 is 0 Å². The number of phenols is 1. The highest BCUT2D eigenvalue weighted by atomic mass is 16.3. The van der Waals surface area contributed by atoms with Crippen molar-refractivity contribution >= 4 is 11.5 Å². The molecule has 4 nitrogen and oxygen atoms in total. The van der Waals surface area contributed by atoms with Gasteiger partial charge in [-0.25, -0.2) is 0 Å². The van der Waals surface area contributed by atoms with Gasteiger partial charge in [0.15, 0.2) is 0 Å². The molecule has 1 amide bonds. The molecule has 0 heterocycles. The van der Waals surface area contributed by atoms with Crippen LogP contribution in [0.4, 0.5) is 0 Å². The Morgan fingerprint density at radius 1 is 1.14 bits per heavy atom. The summed E-state index contributed by atoms with van der Waals surface area (Å²) in [6.07, 6.45) is 1.97. The lowest BCUT2D eigenvalue weighted by Gasteiger charge is -2.04. The smallest absolute Gasteiger partial charge is 0.245 e. The highest BCUT2D eigenvalue weighted by Crippen LogP contribution is 2.12. The van der Waals surface area contributed by atoms with Crippen molar-refractivity contribution in [2.24, 2.45) is 0 Å². The van der Waals surface area contributed by atoms with Crippen LogP contribution < -0.4 is 5.32 Å². The number of allylic oxidation sites excluding steroid dienone is 1. The molecule has 110 valence electrons. The van der Waals surface area contributed by atoms with Crippen molar-refractivity contribution in [3.8, 4) is 11.8 Å². The van der Waals surface area contributed by atoms with E-state index in [9.17, 15) is 9.90 Å². The third-order valence-corrected chi connectivity index (χ3v) is 3.13. The van der Waals surface area contributed by atoms with Gasteiger partial charge in [0, 0.05) is 12.6 Å². The van der Waals surface area contributed by atoms with Crippen molar-refractivity contribution < 1.29 is 9.90 Å². The number of carbonyl (C=O) groups excluding carboxylic acids is 1. The molecule has 2 aromatic rings. The van der Waals surface area contributed by atoms with Crippen LogP contribution in [0.15, 0.2) is 60.7 Å². The summed E-state index contributed by atoms with van der Waals surface area (Å²) in [5.41, 5.74) is 2.08. The lowest BCUT2D eigenvalue weighted by Crippen LogP contribution is -2.23. The number of nitrogens with one attached hydrogen (secondary N) is 1. The average Bonchev–Trinajstić information content (AvgIpc) is 2.55. The monoisotopic (exact) mass is 292 g/mol. The Bertz CT molecular complexity index is 698. The maximum absolute atomic E-state index is 11.9. The fourth-order valence-electron chi connectivity index (χ4n) is 1.97. The van der Waals surface area contributed by atoms with Crippen LogP contribution in [-0.2, 0) is 11.2 Å². The Morgan fingerprint density at radius 3 is 2.45 bits per heavy atom. The Balaban J connectivity index is 1.90. The van der Waals surface area contributed by atoms with Crippen LogP contribution >= 0.6 is 0 Å². The molecule has 0 spiro atoms. The van der Waals surface area contributed by atoms with Crippen molar-refractivity contribution in [3.05, 3.63) is 71.8 Å². The van der Waals surface area contributed by atoms with Crippen LogP contribution in [0.1, 0.15) is 11.1 Å². The van der Waals surface area contributed by atoms with Gasteiger partial charge in [0.1, 0.15) is 5.75 Å². The first-order chi connectivity index (χ1) is 10.7. The number of carbonyl (C=O) groups is 1. The van der Waals surface area contributed by atoms with E-state index in [-0.39, 0.29) is 11.7 Å². The van der Waals surface area contributed by atoms with Gasteiger partial charge in [0.05, 0.1) is 11.6 Å². The molecule has 0 saturated heterocycles. The number of benzene rings is 2. The van der Waals surface area contributed by atoms with Crippen molar-refractivity contribution in [1.82, 2.24) is 5.32 Å². The largest absolute Gasteiger partial charge is 0.508 e. The van der Waals surface area contributed by atoms with Gasteiger partial charge >= 0.3 is 0 Å². The normalized spacial score (nSPS) is 10.8. The van der Waals surface area contributed by atoms with E-state index in [2.05, 4.69) is 5.32 Å². The second kappa shape index (κ2) is 7.65. The number of aromatic hydroxyl groups is 1. The van der Waals surface area contributed by atoms with Gasteiger partial charge in [-0.2, -0.15) is 5.26 Å². The zero-order valence-electron chi connectivity index (χ0n) is 12.0. The number of nitriles is 1. The first-order valence-electron chi connectivity index (χ1n) is 6.92. The third-order valence-electron chi connectivity index (χ3n) is 3.13. The lowest BCUT2D eigenvalue weighted by molar-refractivity contribution is -0.116. The maximum atomic E-state index is 11.9. The molecule has 0 aliphatic rings. The van der Waals surface area contributed by atoms with Crippen LogP contribution in [0, 0.1) is 11.3 Å². The van der Waals surface area contributed by atoms with E-state index in [1.807, 2.05) is 36.4 Å². The Hall–Kier alpha value is -3.06. The number of phenolic OH excluding ortho intramolecular Hbond substituents is 1. The van der Waals surface area contributed by atoms with Gasteiger partial charge in [0.2, 0.25) is 5.91 Å². The predicted molar refractivity (Wildman–Crippen MR) is 84.9 cm³/mol. The summed E-state index contributed by atoms with van der Waals surface area (Å²) in [5.74, 6) is -0.0728. The summed E-state index contributed by atoms with van der Waals surface area (Å²) in [6, 6.07) is 18.0. The summed E-state index contributed by atoms with van der Waals surface area (Å²) in [6.45, 7) is 0.466. The molecule has 0 aromatic heterocycles. The molecule has 0 saturated carbocycles. The fourth-order valence-corrected chi connectivity index (χ4v) is 1.97. The summed E-state index contributed by atoms with van der Waals surface area (Å²) in [7, 11) is 0. The second-order valence-electron chi connectivity index (χ2n) is 4.74. The molecule has 4 heteroatoms. The van der Waals surface area contributed by atoms with Gasteiger partial charge in [-0.1, -0.05) is 42.5 Å². The SMILES string of the molecule is N#C/C(=C\C(=O)NCCc1ccc(O)cc1)c1ccccc1. The first-order valence-corrected chi connectivity index (χ1v) is 6.92. The molecule has 0 aliphatic heterocycles. The first kappa shape index (κ1) is 15.3. The van der Waals surface area contributed by atoms with E-state index in [4.69, 9.17) is 5.26 Å². The van der Waals surface area contributed by atoms with E-state index >= 15 is 0 Å². The molecule has 0 aliphatic carbocycles. The van der Waals surface area contributed by atoms with Crippen molar-refractivity contribution in [3.63, 3.8) is 0 Å². The quantitative estimate of drug-likeness (QED) is 0.657. The Kier molecular flexibility index (Phi) is 5.33. The number of rotatable bonds is 5. The summed E-state index contributed by atoms with van der Waals surface area (Å²) in [4.78, 5) is 11.9. The topological polar surface area (TPSA) is 73.1 Å². The number of hydrogen-bond donors (Lipinski definition) is 2. The van der Waals surface area contributed by atoms with E-state index in [1.54, 1.807) is 24.3 Å². The lowest BCUT2D eigenvalue weighted by atomic mass is 10.1. The highest BCUT2D eigenvalue weighted by molar-refractivity contribution is 5.98. The zero-order chi connectivity index (χ0) is 15.8. The Labute approximate surface area is 129 Å². The van der Waals surface area contributed by atoms with Crippen molar-refractivity contribution in [2.75, 3.05) is 6.54 Å².